The van der Waals surface area contributed by atoms with Gasteiger partial charge in [-0.1, -0.05) is 5.16 Å². The van der Waals surface area contributed by atoms with Gasteiger partial charge in [0.05, 0.1) is 13.2 Å². The fourth-order valence-electron chi connectivity index (χ4n) is 1.12. The Morgan fingerprint density at radius 3 is 2.92 bits per heavy atom. The van der Waals surface area contributed by atoms with Crippen LogP contribution in [0.25, 0.3) is 0 Å². The lowest BCUT2D eigenvalue weighted by Crippen LogP contribution is -2.38. The van der Waals surface area contributed by atoms with Crippen molar-refractivity contribution in [3.8, 4) is 0 Å². The minimum absolute atomic E-state index is 0.671. The van der Waals surface area contributed by atoms with Crippen molar-refractivity contribution in [1.29, 1.82) is 0 Å². The number of ether oxygens (including phenoxy) is 1. The SMILES string of the molecule is C/C=N/OCCN1CCOCC1. The van der Waals surface area contributed by atoms with E-state index in [4.69, 9.17) is 9.57 Å². The standard InChI is InChI=1S/C8H16N2O2/c1-2-9-12-8-5-10-3-6-11-7-4-10/h2H,3-8H2,1H3/b9-2+. The first-order valence-electron chi connectivity index (χ1n) is 4.33. The van der Waals surface area contributed by atoms with Crippen LogP contribution >= 0.6 is 0 Å². The zero-order valence-corrected chi connectivity index (χ0v) is 7.53. The molecule has 0 aliphatic carbocycles. The second-order valence-electron chi connectivity index (χ2n) is 2.65. The predicted molar refractivity (Wildman–Crippen MR) is 47.4 cm³/mol. The van der Waals surface area contributed by atoms with Crippen molar-refractivity contribution in [1.82, 2.24) is 4.90 Å². The Morgan fingerprint density at radius 1 is 1.50 bits per heavy atom. The highest BCUT2D eigenvalue weighted by Crippen LogP contribution is 1.95. The van der Waals surface area contributed by atoms with Crippen molar-refractivity contribution < 1.29 is 9.57 Å². The smallest absolute Gasteiger partial charge is 0.129 e. The van der Waals surface area contributed by atoms with E-state index in [0.717, 1.165) is 32.8 Å². The molecule has 0 saturated carbocycles. The summed E-state index contributed by atoms with van der Waals surface area (Å²) in [6.45, 7) is 7.17. The number of oxime groups is 1. The first kappa shape index (κ1) is 9.48. The second-order valence-corrected chi connectivity index (χ2v) is 2.65. The Bertz CT molecular complexity index is 133. The number of morpholine rings is 1. The number of rotatable bonds is 4. The highest BCUT2D eigenvalue weighted by Gasteiger charge is 2.08. The lowest BCUT2D eigenvalue weighted by Gasteiger charge is -2.25. The van der Waals surface area contributed by atoms with Crippen molar-refractivity contribution in [2.45, 2.75) is 6.92 Å². The van der Waals surface area contributed by atoms with Crippen LogP contribution in [0.5, 0.6) is 0 Å². The topological polar surface area (TPSA) is 34.1 Å². The van der Waals surface area contributed by atoms with E-state index in [1.54, 1.807) is 6.21 Å². The Balaban J connectivity index is 1.97. The monoisotopic (exact) mass is 172 g/mol. The molecule has 1 aliphatic heterocycles. The minimum Gasteiger partial charge on any atom is -0.395 e. The van der Waals surface area contributed by atoms with Crippen molar-refractivity contribution in [3.05, 3.63) is 0 Å². The molecule has 1 aliphatic rings. The molecule has 12 heavy (non-hydrogen) atoms. The largest absolute Gasteiger partial charge is 0.395 e. The summed E-state index contributed by atoms with van der Waals surface area (Å²) in [5.74, 6) is 0. The maximum absolute atomic E-state index is 5.22. The van der Waals surface area contributed by atoms with Gasteiger partial charge in [0.2, 0.25) is 0 Å². The molecule has 0 aromatic carbocycles. The molecule has 0 radical (unpaired) electrons. The van der Waals surface area contributed by atoms with Crippen LogP contribution in [0.15, 0.2) is 5.16 Å². The summed E-state index contributed by atoms with van der Waals surface area (Å²) in [6, 6.07) is 0. The van der Waals surface area contributed by atoms with Crippen LogP contribution in [-0.4, -0.2) is 50.6 Å². The van der Waals surface area contributed by atoms with E-state index in [9.17, 15) is 0 Å². The molecule has 1 fully saturated rings. The van der Waals surface area contributed by atoms with Crippen LogP contribution in [0.1, 0.15) is 6.92 Å². The molecule has 4 heteroatoms. The average molecular weight is 172 g/mol. The van der Waals surface area contributed by atoms with Gasteiger partial charge in [0, 0.05) is 25.8 Å². The molecule has 4 nitrogen and oxygen atoms in total. The highest BCUT2D eigenvalue weighted by atomic mass is 16.6. The molecule has 1 heterocycles. The van der Waals surface area contributed by atoms with Crippen molar-refractivity contribution in [2.75, 3.05) is 39.5 Å². The molecule has 1 rings (SSSR count). The van der Waals surface area contributed by atoms with Crippen LogP contribution in [0.3, 0.4) is 0 Å². The third-order valence-corrected chi connectivity index (χ3v) is 1.78. The van der Waals surface area contributed by atoms with Gasteiger partial charge in [0.1, 0.15) is 6.61 Å². The van der Waals surface area contributed by atoms with E-state index < -0.39 is 0 Å². The van der Waals surface area contributed by atoms with Crippen LogP contribution in [0.2, 0.25) is 0 Å². The molecule has 1 saturated heterocycles. The Labute approximate surface area is 73.1 Å². The molecule has 0 unspecified atom stereocenters. The molecule has 0 N–H and O–H groups in total. The van der Waals surface area contributed by atoms with Gasteiger partial charge in [0.25, 0.3) is 0 Å². The van der Waals surface area contributed by atoms with Crippen LogP contribution in [0, 0.1) is 0 Å². The average Bonchev–Trinajstić information content (AvgIpc) is 2.14. The van der Waals surface area contributed by atoms with E-state index in [2.05, 4.69) is 10.1 Å². The van der Waals surface area contributed by atoms with Gasteiger partial charge in [0.15, 0.2) is 0 Å². The summed E-state index contributed by atoms with van der Waals surface area (Å²) >= 11 is 0. The van der Waals surface area contributed by atoms with E-state index >= 15 is 0 Å². The normalized spacial score (nSPS) is 20.1. The van der Waals surface area contributed by atoms with Gasteiger partial charge >= 0.3 is 0 Å². The second kappa shape index (κ2) is 5.97. The summed E-state index contributed by atoms with van der Waals surface area (Å²) < 4.78 is 5.22. The molecular formula is C8H16N2O2. The summed E-state index contributed by atoms with van der Waals surface area (Å²) in [5.41, 5.74) is 0. The van der Waals surface area contributed by atoms with Crippen molar-refractivity contribution in [2.24, 2.45) is 5.16 Å². The van der Waals surface area contributed by atoms with Crippen LogP contribution in [-0.2, 0) is 9.57 Å². The van der Waals surface area contributed by atoms with Gasteiger partial charge in [-0.25, -0.2) is 0 Å². The molecule has 0 spiro atoms. The van der Waals surface area contributed by atoms with Gasteiger partial charge < -0.3 is 9.57 Å². The van der Waals surface area contributed by atoms with E-state index in [0.29, 0.717) is 6.61 Å². The Morgan fingerprint density at radius 2 is 2.25 bits per heavy atom. The van der Waals surface area contributed by atoms with Crippen LogP contribution < -0.4 is 0 Å². The van der Waals surface area contributed by atoms with Gasteiger partial charge in [-0.2, -0.15) is 0 Å². The van der Waals surface area contributed by atoms with E-state index in [1.165, 1.54) is 0 Å². The molecule has 0 aromatic rings. The zero-order chi connectivity index (χ0) is 8.65. The van der Waals surface area contributed by atoms with Gasteiger partial charge in [-0.15, -0.1) is 0 Å². The first-order valence-corrected chi connectivity index (χ1v) is 4.33. The van der Waals surface area contributed by atoms with Crippen molar-refractivity contribution >= 4 is 6.21 Å². The maximum atomic E-state index is 5.22. The summed E-state index contributed by atoms with van der Waals surface area (Å²) in [5, 5.41) is 3.67. The summed E-state index contributed by atoms with van der Waals surface area (Å²) in [6.07, 6.45) is 1.65. The highest BCUT2D eigenvalue weighted by molar-refractivity contribution is 5.52. The fraction of sp³-hybridized carbons (Fsp3) is 0.875. The van der Waals surface area contributed by atoms with Crippen LogP contribution in [0.4, 0.5) is 0 Å². The molecule has 0 atom stereocenters. The predicted octanol–water partition coefficient (Wildman–Crippen LogP) is 0.341. The first-order chi connectivity index (χ1) is 5.93. The van der Waals surface area contributed by atoms with E-state index in [-0.39, 0.29) is 0 Å². The molecular weight excluding hydrogens is 156 g/mol. The summed E-state index contributed by atoms with van der Waals surface area (Å²) in [7, 11) is 0. The molecule has 0 bridgehead atoms. The third kappa shape index (κ3) is 3.69. The summed E-state index contributed by atoms with van der Waals surface area (Å²) in [4.78, 5) is 7.29. The maximum Gasteiger partial charge on any atom is 0.129 e. The minimum atomic E-state index is 0.671. The lowest BCUT2D eigenvalue weighted by molar-refractivity contribution is 0.0213. The Hall–Kier alpha value is -0.610. The lowest BCUT2D eigenvalue weighted by atomic mass is 10.4. The fourth-order valence-corrected chi connectivity index (χ4v) is 1.12. The van der Waals surface area contributed by atoms with E-state index in [1.807, 2.05) is 6.92 Å². The Kier molecular flexibility index (Phi) is 4.71. The van der Waals surface area contributed by atoms with Crippen molar-refractivity contribution in [3.63, 3.8) is 0 Å². The van der Waals surface area contributed by atoms with Gasteiger partial charge in [-0.3, -0.25) is 4.90 Å². The number of nitrogens with zero attached hydrogens (tertiary/aromatic N) is 2. The quantitative estimate of drug-likeness (QED) is 0.348. The number of hydrogen-bond donors (Lipinski definition) is 0. The molecule has 0 aromatic heterocycles. The van der Waals surface area contributed by atoms with Gasteiger partial charge in [-0.05, 0) is 6.92 Å². The number of hydrogen-bond acceptors (Lipinski definition) is 4. The third-order valence-electron chi connectivity index (χ3n) is 1.78. The zero-order valence-electron chi connectivity index (χ0n) is 7.53. The molecule has 70 valence electrons. The molecule has 0 amide bonds.